The average Bonchev–Trinajstić information content (AvgIpc) is 3.18. The van der Waals surface area contributed by atoms with Crippen molar-refractivity contribution in [3.05, 3.63) is 36.4 Å². The maximum absolute atomic E-state index is 4.36. The van der Waals surface area contributed by atoms with Crippen LogP contribution in [0.4, 0.5) is 11.5 Å². The number of pyridine rings is 1. The van der Waals surface area contributed by atoms with Gasteiger partial charge < -0.3 is 10.6 Å². The van der Waals surface area contributed by atoms with Gasteiger partial charge in [0.2, 0.25) is 0 Å². The van der Waals surface area contributed by atoms with Crippen molar-refractivity contribution >= 4 is 17.2 Å². The van der Waals surface area contributed by atoms with Gasteiger partial charge in [-0.3, -0.25) is 4.68 Å². The fourth-order valence-corrected chi connectivity index (χ4v) is 2.82. The third kappa shape index (κ3) is 2.25. The summed E-state index contributed by atoms with van der Waals surface area (Å²) >= 11 is 0. The molecule has 3 aromatic heterocycles. The zero-order valence-electron chi connectivity index (χ0n) is 11.8. The highest BCUT2D eigenvalue weighted by Crippen LogP contribution is 2.28. The summed E-state index contributed by atoms with van der Waals surface area (Å²) in [5.74, 6) is 1.34. The van der Waals surface area contributed by atoms with Crippen molar-refractivity contribution in [2.24, 2.45) is 7.05 Å². The number of nitrogens with one attached hydrogen (secondary N) is 2. The van der Waals surface area contributed by atoms with Gasteiger partial charge in [0.25, 0.3) is 0 Å². The molecule has 1 atom stereocenters. The van der Waals surface area contributed by atoms with Crippen LogP contribution < -0.4 is 10.6 Å². The summed E-state index contributed by atoms with van der Waals surface area (Å²) in [6.45, 7) is 2.09. The van der Waals surface area contributed by atoms with Gasteiger partial charge in [0.1, 0.15) is 6.33 Å². The van der Waals surface area contributed by atoms with Crippen molar-refractivity contribution < 1.29 is 0 Å². The summed E-state index contributed by atoms with van der Waals surface area (Å²) in [6.07, 6.45) is 6.72. The molecule has 0 amide bonds. The molecule has 1 aliphatic heterocycles. The highest BCUT2D eigenvalue weighted by atomic mass is 15.3. The van der Waals surface area contributed by atoms with E-state index in [1.165, 1.54) is 5.56 Å². The zero-order chi connectivity index (χ0) is 14.2. The normalized spacial score (nSPS) is 18.4. The second kappa shape index (κ2) is 4.85. The van der Waals surface area contributed by atoms with Crippen molar-refractivity contribution in [3.63, 3.8) is 0 Å². The fourth-order valence-electron chi connectivity index (χ4n) is 2.82. The molecular weight excluding hydrogens is 266 g/mol. The van der Waals surface area contributed by atoms with Crippen LogP contribution in [0.1, 0.15) is 17.9 Å². The molecule has 0 saturated carbocycles. The summed E-state index contributed by atoms with van der Waals surface area (Å²) in [7, 11) is 1.90. The first-order valence-corrected chi connectivity index (χ1v) is 7.10. The molecule has 1 fully saturated rings. The highest BCUT2D eigenvalue weighted by molar-refractivity contribution is 5.72. The van der Waals surface area contributed by atoms with E-state index < -0.39 is 0 Å². The molecule has 7 nitrogen and oxygen atoms in total. The molecule has 1 saturated heterocycles. The van der Waals surface area contributed by atoms with Crippen LogP contribution in [0.3, 0.4) is 0 Å². The molecule has 4 heterocycles. The summed E-state index contributed by atoms with van der Waals surface area (Å²) in [6, 6.07) is 4.10. The van der Waals surface area contributed by atoms with Crippen molar-refractivity contribution in [3.8, 4) is 0 Å². The molecular formula is C14H17N7. The van der Waals surface area contributed by atoms with Crippen LogP contribution in [0.2, 0.25) is 0 Å². The van der Waals surface area contributed by atoms with Gasteiger partial charge in [-0.15, -0.1) is 0 Å². The summed E-state index contributed by atoms with van der Waals surface area (Å²) in [5, 5.41) is 15.4. The van der Waals surface area contributed by atoms with E-state index in [4.69, 9.17) is 0 Å². The summed E-state index contributed by atoms with van der Waals surface area (Å²) in [5.41, 5.74) is 3.03. The van der Waals surface area contributed by atoms with Crippen LogP contribution in [0, 0.1) is 0 Å². The topological polar surface area (TPSA) is 72.1 Å². The molecule has 21 heavy (non-hydrogen) atoms. The maximum atomic E-state index is 4.36. The standard InChI is InChI=1S/C14H17N7/c1-20-5-3-13(19-20)18-12-6-11(10-2-4-15-7-10)8-21-14(12)16-9-17-21/h3,5-6,8-10,15H,2,4,7H2,1H3,(H,18,19)/t10-/m1/s1. The number of anilines is 2. The molecule has 0 bridgehead atoms. The van der Waals surface area contributed by atoms with E-state index in [0.29, 0.717) is 5.92 Å². The molecule has 4 rings (SSSR count). The van der Waals surface area contributed by atoms with Crippen molar-refractivity contribution in [1.29, 1.82) is 0 Å². The maximum Gasteiger partial charge on any atom is 0.178 e. The predicted molar refractivity (Wildman–Crippen MR) is 79.7 cm³/mol. The minimum atomic E-state index is 0.530. The molecule has 0 radical (unpaired) electrons. The quantitative estimate of drug-likeness (QED) is 0.757. The molecule has 1 aliphatic rings. The first kappa shape index (κ1) is 12.3. The number of aryl methyl sites for hydroxylation is 1. The summed E-state index contributed by atoms with van der Waals surface area (Å²) in [4.78, 5) is 4.33. The monoisotopic (exact) mass is 283 g/mol. The number of rotatable bonds is 3. The van der Waals surface area contributed by atoms with Crippen molar-refractivity contribution in [2.75, 3.05) is 18.4 Å². The number of hydrogen-bond donors (Lipinski definition) is 2. The Morgan fingerprint density at radius 2 is 2.38 bits per heavy atom. The zero-order valence-corrected chi connectivity index (χ0v) is 11.8. The van der Waals surface area contributed by atoms with E-state index in [9.17, 15) is 0 Å². The van der Waals surface area contributed by atoms with Crippen LogP contribution in [-0.2, 0) is 7.05 Å². The third-order valence-electron chi connectivity index (χ3n) is 3.90. The number of fused-ring (bicyclic) bond motifs is 1. The highest BCUT2D eigenvalue weighted by Gasteiger charge is 2.19. The van der Waals surface area contributed by atoms with Gasteiger partial charge in [-0.05, 0) is 30.5 Å². The second-order valence-corrected chi connectivity index (χ2v) is 5.40. The van der Waals surface area contributed by atoms with Gasteiger partial charge in [-0.25, -0.2) is 9.50 Å². The molecule has 0 unspecified atom stereocenters. The Balaban J connectivity index is 1.76. The van der Waals surface area contributed by atoms with Crippen molar-refractivity contribution in [2.45, 2.75) is 12.3 Å². The number of aromatic nitrogens is 5. The Morgan fingerprint density at radius 1 is 1.43 bits per heavy atom. The molecule has 0 aromatic carbocycles. The smallest absolute Gasteiger partial charge is 0.178 e. The molecule has 2 N–H and O–H groups in total. The lowest BCUT2D eigenvalue weighted by Gasteiger charge is -2.12. The first-order chi connectivity index (χ1) is 10.3. The summed E-state index contributed by atoms with van der Waals surface area (Å²) < 4.78 is 3.60. The SMILES string of the molecule is Cn1ccc(Nc2cc([C@@H]3CCNC3)cn3ncnc23)n1. The van der Waals surface area contributed by atoms with Crippen molar-refractivity contribution in [1.82, 2.24) is 29.7 Å². The minimum Gasteiger partial charge on any atom is -0.336 e. The third-order valence-corrected chi connectivity index (χ3v) is 3.90. The Hall–Kier alpha value is -2.41. The van der Waals surface area contributed by atoms with Gasteiger partial charge in [0, 0.05) is 32.1 Å². The number of nitrogens with zero attached hydrogens (tertiary/aromatic N) is 5. The minimum absolute atomic E-state index is 0.530. The fraction of sp³-hybridized carbons (Fsp3) is 0.357. The van der Waals surface area contributed by atoms with Gasteiger partial charge in [-0.2, -0.15) is 10.2 Å². The van der Waals surface area contributed by atoms with Crippen LogP contribution in [0.25, 0.3) is 5.65 Å². The first-order valence-electron chi connectivity index (χ1n) is 7.10. The lowest BCUT2D eigenvalue weighted by Crippen LogP contribution is -2.09. The lowest BCUT2D eigenvalue weighted by molar-refractivity contribution is 0.751. The van der Waals surface area contributed by atoms with E-state index in [-0.39, 0.29) is 0 Å². The van der Waals surface area contributed by atoms with E-state index in [2.05, 4.69) is 38.1 Å². The van der Waals surface area contributed by atoms with Gasteiger partial charge >= 0.3 is 0 Å². The Bertz CT molecular complexity index is 767. The van der Waals surface area contributed by atoms with Gasteiger partial charge in [-0.1, -0.05) is 0 Å². The van der Waals surface area contributed by atoms with Crippen LogP contribution in [0.15, 0.2) is 30.9 Å². The average molecular weight is 283 g/mol. The molecule has 0 aliphatic carbocycles. The van der Waals surface area contributed by atoms with E-state index in [1.54, 1.807) is 11.0 Å². The molecule has 7 heteroatoms. The second-order valence-electron chi connectivity index (χ2n) is 5.40. The number of hydrogen-bond acceptors (Lipinski definition) is 5. The Kier molecular flexibility index (Phi) is 2.85. The van der Waals surface area contributed by atoms with Crippen LogP contribution in [-0.4, -0.2) is 37.5 Å². The van der Waals surface area contributed by atoms with Crippen LogP contribution in [0.5, 0.6) is 0 Å². The molecule has 108 valence electrons. The van der Waals surface area contributed by atoms with Gasteiger partial charge in [0.05, 0.1) is 5.69 Å². The predicted octanol–water partition coefficient (Wildman–Crippen LogP) is 1.28. The van der Waals surface area contributed by atoms with E-state index in [0.717, 1.165) is 36.7 Å². The van der Waals surface area contributed by atoms with Crippen LogP contribution >= 0.6 is 0 Å². The van der Waals surface area contributed by atoms with E-state index >= 15 is 0 Å². The van der Waals surface area contributed by atoms with E-state index in [1.807, 2.05) is 23.8 Å². The molecule has 3 aromatic rings. The Labute approximate surface area is 122 Å². The lowest BCUT2D eigenvalue weighted by atomic mass is 10.00. The largest absolute Gasteiger partial charge is 0.336 e. The molecule has 0 spiro atoms. The Morgan fingerprint density at radius 3 is 3.14 bits per heavy atom. The van der Waals surface area contributed by atoms with Gasteiger partial charge in [0.15, 0.2) is 11.5 Å².